The van der Waals surface area contributed by atoms with Crippen molar-refractivity contribution >= 4 is 11.6 Å². The van der Waals surface area contributed by atoms with Crippen LogP contribution in [0.5, 0.6) is 0 Å². The van der Waals surface area contributed by atoms with Gasteiger partial charge >= 0.3 is 0 Å². The maximum absolute atomic E-state index is 5.96. The molecule has 1 atom stereocenters. The largest absolute Gasteiger partial charge is 0.379 e. The lowest BCUT2D eigenvalue weighted by Crippen LogP contribution is -2.36. The lowest BCUT2D eigenvalue weighted by molar-refractivity contribution is 0.0443. The van der Waals surface area contributed by atoms with Gasteiger partial charge in [-0.2, -0.15) is 0 Å². The summed E-state index contributed by atoms with van der Waals surface area (Å²) >= 11 is 5.96. The van der Waals surface area contributed by atoms with Crippen LogP contribution in [0.15, 0.2) is 36.9 Å². The molecule has 0 aromatic heterocycles. The number of benzene rings is 1. The minimum Gasteiger partial charge on any atom is -0.379 e. The fourth-order valence-electron chi connectivity index (χ4n) is 2.34. The monoisotopic (exact) mass is 303 g/mol. The summed E-state index contributed by atoms with van der Waals surface area (Å²) in [5.74, 6) is 7.00. The van der Waals surface area contributed by atoms with E-state index in [1.54, 1.807) is 0 Å². The van der Waals surface area contributed by atoms with Crippen molar-refractivity contribution in [3.63, 3.8) is 0 Å². The predicted octanol–water partition coefficient (Wildman–Crippen LogP) is 3.73. The van der Waals surface area contributed by atoms with E-state index < -0.39 is 0 Å². The number of hydrogen-bond acceptors (Lipinski definition) is 2. The zero-order valence-corrected chi connectivity index (χ0v) is 13.1. The molecule has 1 unspecified atom stereocenters. The molecule has 0 radical (unpaired) electrons. The highest BCUT2D eigenvalue weighted by molar-refractivity contribution is 6.30. The first-order chi connectivity index (χ1) is 10.3. The SMILES string of the molecule is C=CCCC(C#CCN1CCOCC1)c1ccc(Cl)cc1. The first-order valence-corrected chi connectivity index (χ1v) is 7.82. The number of ether oxygens (including phenoxy) is 1. The maximum Gasteiger partial charge on any atom is 0.0603 e. The Hall–Kier alpha value is -1.27. The van der Waals surface area contributed by atoms with E-state index in [9.17, 15) is 0 Å². The average molecular weight is 304 g/mol. The Bertz CT molecular complexity index is 494. The summed E-state index contributed by atoms with van der Waals surface area (Å²) in [7, 11) is 0. The van der Waals surface area contributed by atoms with Crippen LogP contribution in [-0.2, 0) is 4.74 Å². The average Bonchev–Trinajstić information content (AvgIpc) is 2.53. The molecule has 3 heteroatoms. The van der Waals surface area contributed by atoms with Crippen molar-refractivity contribution in [3.8, 4) is 11.8 Å². The maximum atomic E-state index is 5.96. The Balaban J connectivity index is 1.98. The van der Waals surface area contributed by atoms with Gasteiger partial charge in [0.05, 0.1) is 19.8 Å². The van der Waals surface area contributed by atoms with Crippen LogP contribution in [0.4, 0.5) is 0 Å². The molecule has 0 bridgehead atoms. The molecule has 0 aliphatic carbocycles. The number of rotatable bonds is 5. The van der Waals surface area contributed by atoms with Gasteiger partial charge in [-0.05, 0) is 30.5 Å². The lowest BCUT2D eigenvalue weighted by atomic mass is 9.95. The van der Waals surface area contributed by atoms with Gasteiger partial charge in [0.2, 0.25) is 0 Å². The van der Waals surface area contributed by atoms with Crippen molar-refractivity contribution in [3.05, 3.63) is 47.5 Å². The molecule has 1 heterocycles. The molecule has 1 aliphatic heterocycles. The fraction of sp³-hybridized carbons (Fsp3) is 0.444. The molecule has 0 saturated carbocycles. The summed E-state index contributed by atoms with van der Waals surface area (Å²) in [6, 6.07) is 8.00. The van der Waals surface area contributed by atoms with Crippen molar-refractivity contribution in [2.75, 3.05) is 32.8 Å². The smallest absolute Gasteiger partial charge is 0.0603 e. The Morgan fingerprint density at radius 2 is 2.00 bits per heavy atom. The number of nitrogens with zero attached hydrogens (tertiary/aromatic N) is 1. The zero-order chi connectivity index (χ0) is 14.9. The van der Waals surface area contributed by atoms with Crippen LogP contribution in [0.3, 0.4) is 0 Å². The van der Waals surface area contributed by atoms with E-state index in [2.05, 4.69) is 35.5 Å². The molecule has 1 aromatic rings. The Kier molecular flexibility index (Phi) is 6.82. The number of morpholine rings is 1. The first-order valence-electron chi connectivity index (χ1n) is 7.44. The minimum atomic E-state index is 0.251. The lowest BCUT2D eigenvalue weighted by Gasteiger charge is -2.24. The van der Waals surface area contributed by atoms with Crippen LogP contribution >= 0.6 is 11.6 Å². The molecule has 1 fully saturated rings. The molecule has 1 saturated heterocycles. The summed E-state index contributed by atoms with van der Waals surface area (Å²) < 4.78 is 5.35. The third-order valence-electron chi connectivity index (χ3n) is 3.61. The number of allylic oxidation sites excluding steroid dienone is 1. The number of hydrogen-bond donors (Lipinski definition) is 0. The molecule has 2 rings (SSSR count). The molecule has 2 nitrogen and oxygen atoms in total. The molecular formula is C18H22ClNO. The number of halogens is 1. The van der Waals surface area contributed by atoms with E-state index in [0.717, 1.165) is 50.7 Å². The molecule has 112 valence electrons. The molecule has 0 amide bonds. The molecule has 1 aromatic carbocycles. The van der Waals surface area contributed by atoms with Crippen LogP contribution < -0.4 is 0 Å². The van der Waals surface area contributed by atoms with E-state index in [4.69, 9.17) is 16.3 Å². The van der Waals surface area contributed by atoms with E-state index in [-0.39, 0.29) is 5.92 Å². The predicted molar refractivity (Wildman–Crippen MR) is 88.7 cm³/mol. The molecule has 1 aliphatic rings. The van der Waals surface area contributed by atoms with Crippen molar-refractivity contribution in [2.45, 2.75) is 18.8 Å². The standard InChI is InChI=1S/C18H22ClNO/c1-2-3-5-16(17-7-9-18(19)10-8-17)6-4-11-20-12-14-21-15-13-20/h2,7-10,16H,1,3,5,11-15H2. The van der Waals surface area contributed by atoms with Gasteiger partial charge in [-0.1, -0.05) is 41.7 Å². The van der Waals surface area contributed by atoms with Gasteiger partial charge < -0.3 is 4.74 Å². The topological polar surface area (TPSA) is 12.5 Å². The normalized spacial score (nSPS) is 16.8. The fourth-order valence-corrected chi connectivity index (χ4v) is 2.47. The van der Waals surface area contributed by atoms with E-state index in [1.165, 1.54) is 5.56 Å². The quantitative estimate of drug-likeness (QED) is 0.607. The Morgan fingerprint density at radius 3 is 2.67 bits per heavy atom. The summed E-state index contributed by atoms with van der Waals surface area (Å²) in [5, 5.41) is 0.766. The second kappa shape index (κ2) is 8.89. The highest BCUT2D eigenvalue weighted by Crippen LogP contribution is 2.22. The van der Waals surface area contributed by atoms with Gasteiger partial charge in [-0.15, -0.1) is 6.58 Å². The second-order valence-electron chi connectivity index (χ2n) is 5.18. The van der Waals surface area contributed by atoms with Crippen LogP contribution in [0.1, 0.15) is 24.3 Å². The first kappa shape index (κ1) is 16.1. The van der Waals surface area contributed by atoms with Crippen molar-refractivity contribution in [1.82, 2.24) is 4.90 Å². The van der Waals surface area contributed by atoms with E-state index in [0.29, 0.717) is 0 Å². The Labute approximate surface area is 132 Å². The Morgan fingerprint density at radius 1 is 1.29 bits per heavy atom. The van der Waals surface area contributed by atoms with Crippen molar-refractivity contribution in [1.29, 1.82) is 0 Å². The van der Waals surface area contributed by atoms with Gasteiger partial charge in [-0.3, -0.25) is 4.90 Å². The van der Waals surface area contributed by atoms with Gasteiger partial charge in [0.25, 0.3) is 0 Å². The molecule has 0 spiro atoms. The van der Waals surface area contributed by atoms with Gasteiger partial charge in [0.15, 0.2) is 0 Å². The minimum absolute atomic E-state index is 0.251. The third-order valence-corrected chi connectivity index (χ3v) is 3.87. The summed E-state index contributed by atoms with van der Waals surface area (Å²) in [6.07, 6.45) is 3.92. The van der Waals surface area contributed by atoms with Crippen LogP contribution in [0.2, 0.25) is 5.02 Å². The third kappa shape index (κ3) is 5.55. The van der Waals surface area contributed by atoms with Gasteiger partial charge in [0.1, 0.15) is 0 Å². The molecular weight excluding hydrogens is 282 g/mol. The van der Waals surface area contributed by atoms with Gasteiger partial charge in [0, 0.05) is 24.0 Å². The van der Waals surface area contributed by atoms with Crippen LogP contribution in [0, 0.1) is 11.8 Å². The highest BCUT2D eigenvalue weighted by atomic mass is 35.5. The zero-order valence-electron chi connectivity index (χ0n) is 12.4. The second-order valence-corrected chi connectivity index (χ2v) is 5.62. The van der Waals surface area contributed by atoms with Gasteiger partial charge in [-0.25, -0.2) is 0 Å². The van der Waals surface area contributed by atoms with E-state index >= 15 is 0 Å². The summed E-state index contributed by atoms with van der Waals surface area (Å²) in [6.45, 7) is 8.22. The summed E-state index contributed by atoms with van der Waals surface area (Å²) in [4.78, 5) is 2.34. The van der Waals surface area contributed by atoms with Crippen LogP contribution in [-0.4, -0.2) is 37.7 Å². The van der Waals surface area contributed by atoms with Crippen molar-refractivity contribution in [2.24, 2.45) is 0 Å². The molecule has 21 heavy (non-hydrogen) atoms. The van der Waals surface area contributed by atoms with Crippen LogP contribution in [0.25, 0.3) is 0 Å². The van der Waals surface area contributed by atoms with Crippen molar-refractivity contribution < 1.29 is 4.74 Å². The summed E-state index contributed by atoms with van der Waals surface area (Å²) in [5.41, 5.74) is 1.23. The highest BCUT2D eigenvalue weighted by Gasteiger charge is 2.10. The molecule has 0 N–H and O–H groups in total. The van der Waals surface area contributed by atoms with E-state index in [1.807, 2.05) is 18.2 Å².